The van der Waals surface area contributed by atoms with Crippen LogP contribution in [0.15, 0.2) is 0 Å². The van der Waals surface area contributed by atoms with Crippen molar-refractivity contribution in [3.63, 3.8) is 0 Å². The lowest BCUT2D eigenvalue weighted by Crippen LogP contribution is -2.08. The number of hydrogen-bond donors (Lipinski definition) is 0. The predicted octanol–water partition coefficient (Wildman–Crippen LogP) is 0.304. The molecule has 0 aliphatic rings. The van der Waals surface area contributed by atoms with Crippen LogP contribution in [0.25, 0.3) is 0 Å². The maximum absolute atomic E-state index is 10.5. The highest BCUT2D eigenvalue weighted by atomic mass is 32.2. The third kappa shape index (κ3) is 4.38. The van der Waals surface area contributed by atoms with E-state index in [1.165, 1.54) is 0 Å². The molecular weight excluding hydrogens is 144 g/mol. The molecule has 0 radical (unpaired) electrons. The zero-order valence-corrected chi connectivity index (χ0v) is 6.27. The van der Waals surface area contributed by atoms with E-state index >= 15 is 0 Å². The van der Waals surface area contributed by atoms with Gasteiger partial charge in [-0.3, -0.25) is 0 Å². The van der Waals surface area contributed by atoms with Gasteiger partial charge in [-0.15, -0.1) is 4.33 Å². The van der Waals surface area contributed by atoms with Gasteiger partial charge in [0, 0.05) is 0 Å². The Morgan fingerprint density at radius 2 is 2.00 bits per heavy atom. The summed E-state index contributed by atoms with van der Waals surface area (Å²) in [5.74, 6) is 0.000833. The fourth-order valence-corrected chi connectivity index (χ4v) is 1.16. The molecule has 0 spiro atoms. The van der Waals surface area contributed by atoms with Crippen LogP contribution in [0.3, 0.4) is 0 Å². The van der Waals surface area contributed by atoms with Crippen LogP contribution < -0.4 is 0 Å². The molecule has 0 aromatic carbocycles. The van der Waals surface area contributed by atoms with Crippen LogP contribution >= 0.6 is 0 Å². The molecule has 0 aliphatic carbocycles. The molecule has 0 heterocycles. The average Bonchev–Trinajstić information content (AvgIpc) is 1.64. The second kappa shape index (κ2) is 3.81. The number of rotatable bonds is 4. The molecule has 0 amide bonds. The summed E-state index contributed by atoms with van der Waals surface area (Å²) in [6.07, 6.45) is 0.533. The fourth-order valence-electron chi connectivity index (χ4n) is 0.388. The van der Waals surface area contributed by atoms with Crippen molar-refractivity contribution < 1.29 is 17.6 Å². The third-order valence-corrected chi connectivity index (χ3v) is 1.88. The van der Waals surface area contributed by atoms with Gasteiger partial charge in [-0.2, -0.15) is 8.42 Å². The molecular formula is C4H10O4S. The van der Waals surface area contributed by atoms with E-state index in [0.717, 1.165) is 7.11 Å². The molecule has 9 heavy (non-hydrogen) atoms. The van der Waals surface area contributed by atoms with Gasteiger partial charge >= 0.3 is 0 Å². The van der Waals surface area contributed by atoms with Crippen molar-refractivity contribution in [2.24, 2.45) is 0 Å². The first-order valence-corrected chi connectivity index (χ1v) is 4.15. The Balaban J connectivity index is 3.73. The van der Waals surface area contributed by atoms with Gasteiger partial charge < -0.3 is 0 Å². The maximum atomic E-state index is 10.5. The highest BCUT2D eigenvalue weighted by Crippen LogP contribution is 1.94. The van der Waals surface area contributed by atoms with E-state index < -0.39 is 10.1 Å². The lowest BCUT2D eigenvalue weighted by Gasteiger charge is -1.97. The molecule has 0 saturated heterocycles. The van der Waals surface area contributed by atoms with Crippen molar-refractivity contribution in [3.8, 4) is 0 Å². The standard InChI is InChI=1S/C4H10O4S/c1-3-4-9(5,6)8-7-2/h3-4H2,1-2H3. The summed E-state index contributed by atoms with van der Waals surface area (Å²) in [5, 5.41) is 0. The molecule has 0 rings (SSSR count). The van der Waals surface area contributed by atoms with E-state index in [9.17, 15) is 8.42 Å². The van der Waals surface area contributed by atoms with Crippen LogP contribution in [0.2, 0.25) is 0 Å². The first-order valence-electron chi connectivity index (χ1n) is 2.57. The van der Waals surface area contributed by atoms with Crippen LogP contribution in [0, 0.1) is 0 Å². The molecule has 0 aromatic rings. The summed E-state index contributed by atoms with van der Waals surface area (Å²) in [6.45, 7) is 1.75. The molecule has 0 N–H and O–H groups in total. The fraction of sp³-hybridized carbons (Fsp3) is 1.00. The van der Waals surface area contributed by atoms with Crippen LogP contribution in [0.4, 0.5) is 0 Å². The smallest absolute Gasteiger partial charge is 0.223 e. The largest absolute Gasteiger partial charge is 0.293 e. The monoisotopic (exact) mass is 154 g/mol. The first-order chi connectivity index (χ1) is 4.12. The molecule has 0 aliphatic heterocycles. The van der Waals surface area contributed by atoms with E-state index in [1.54, 1.807) is 6.92 Å². The van der Waals surface area contributed by atoms with Gasteiger partial charge in [0.05, 0.1) is 12.9 Å². The molecule has 0 atom stereocenters. The van der Waals surface area contributed by atoms with Gasteiger partial charge in [-0.05, 0) is 6.42 Å². The average molecular weight is 154 g/mol. The van der Waals surface area contributed by atoms with Crippen molar-refractivity contribution in [3.05, 3.63) is 0 Å². The van der Waals surface area contributed by atoms with Crippen LogP contribution in [0.1, 0.15) is 13.3 Å². The summed E-state index contributed by atoms with van der Waals surface area (Å²) in [7, 11) is -2.24. The molecule has 4 nitrogen and oxygen atoms in total. The Bertz CT molecular complexity index is 136. The Morgan fingerprint density at radius 3 is 2.33 bits per heavy atom. The highest BCUT2D eigenvalue weighted by molar-refractivity contribution is 7.86. The first kappa shape index (κ1) is 8.87. The van der Waals surface area contributed by atoms with Gasteiger partial charge in [0.2, 0.25) is 0 Å². The topological polar surface area (TPSA) is 52.6 Å². The van der Waals surface area contributed by atoms with Gasteiger partial charge in [0.15, 0.2) is 0 Å². The molecule has 0 saturated carbocycles. The number of hydrogen-bond acceptors (Lipinski definition) is 4. The highest BCUT2D eigenvalue weighted by Gasteiger charge is 2.08. The van der Waals surface area contributed by atoms with Crippen molar-refractivity contribution in [1.29, 1.82) is 0 Å². The molecule has 56 valence electrons. The summed E-state index contributed by atoms with van der Waals surface area (Å²) in [5.41, 5.74) is 0. The van der Waals surface area contributed by atoms with E-state index in [2.05, 4.69) is 9.22 Å². The van der Waals surface area contributed by atoms with E-state index in [0.29, 0.717) is 6.42 Å². The van der Waals surface area contributed by atoms with E-state index in [1.807, 2.05) is 0 Å². The third-order valence-electron chi connectivity index (χ3n) is 0.626. The summed E-state index contributed by atoms with van der Waals surface area (Å²) in [4.78, 5) is 3.97. The Labute approximate surface area is 54.8 Å². The summed E-state index contributed by atoms with van der Waals surface area (Å²) >= 11 is 0. The van der Waals surface area contributed by atoms with Crippen molar-refractivity contribution in [2.45, 2.75) is 13.3 Å². The van der Waals surface area contributed by atoms with Crippen molar-refractivity contribution in [1.82, 2.24) is 0 Å². The molecule has 0 bridgehead atoms. The predicted molar refractivity (Wildman–Crippen MR) is 32.2 cm³/mol. The van der Waals surface area contributed by atoms with E-state index in [-0.39, 0.29) is 5.75 Å². The van der Waals surface area contributed by atoms with Gasteiger partial charge in [0.1, 0.15) is 0 Å². The van der Waals surface area contributed by atoms with Gasteiger partial charge in [-0.25, -0.2) is 4.89 Å². The Kier molecular flexibility index (Phi) is 3.76. The lowest BCUT2D eigenvalue weighted by atomic mass is 10.6. The summed E-state index contributed by atoms with van der Waals surface area (Å²) in [6, 6.07) is 0. The SMILES string of the molecule is CCCS(=O)(=O)OOC. The van der Waals surface area contributed by atoms with Crippen molar-refractivity contribution >= 4 is 10.1 Å². The molecule has 0 aromatic heterocycles. The van der Waals surface area contributed by atoms with Crippen LogP contribution in [-0.2, 0) is 19.3 Å². The summed E-state index contributed by atoms with van der Waals surface area (Å²) < 4.78 is 24.9. The Morgan fingerprint density at radius 1 is 1.44 bits per heavy atom. The van der Waals surface area contributed by atoms with Gasteiger partial charge in [0.25, 0.3) is 10.1 Å². The van der Waals surface area contributed by atoms with Crippen LogP contribution in [-0.4, -0.2) is 21.3 Å². The Hall–Kier alpha value is -0.130. The van der Waals surface area contributed by atoms with E-state index in [4.69, 9.17) is 0 Å². The second-order valence-electron chi connectivity index (χ2n) is 1.50. The normalized spacial score (nSPS) is 11.8. The minimum Gasteiger partial charge on any atom is -0.223 e. The molecule has 0 unspecified atom stereocenters. The zero-order valence-electron chi connectivity index (χ0n) is 5.46. The second-order valence-corrected chi connectivity index (χ2v) is 3.16. The maximum Gasteiger partial charge on any atom is 0.293 e. The molecule has 5 heteroatoms. The van der Waals surface area contributed by atoms with Crippen LogP contribution in [0.5, 0.6) is 0 Å². The lowest BCUT2D eigenvalue weighted by molar-refractivity contribution is -0.172. The van der Waals surface area contributed by atoms with Crippen molar-refractivity contribution in [2.75, 3.05) is 12.9 Å². The zero-order chi connectivity index (χ0) is 7.33. The minimum absolute atomic E-state index is 0.000833. The quantitative estimate of drug-likeness (QED) is 0.432. The van der Waals surface area contributed by atoms with Gasteiger partial charge in [-0.1, -0.05) is 6.92 Å². The minimum atomic E-state index is -3.40. The molecule has 0 fully saturated rings.